The Morgan fingerprint density at radius 1 is 0.676 bits per heavy atom. The van der Waals surface area contributed by atoms with Gasteiger partial charge in [0.05, 0.1) is 12.4 Å². The second-order valence-corrected chi connectivity index (χ2v) is 9.34. The molecule has 0 N–H and O–H groups in total. The molecular formula is C31H21N2O+. The molecule has 3 heteroatoms. The second kappa shape index (κ2) is 6.15. The van der Waals surface area contributed by atoms with E-state index in [2.05, 4.69) is 114 Å². The number of imidazole rings is 1. The molecule has 3 heterocycles. The maximum atomic E-state index is 6.54. The quantitative estimate of drug-likeness (QED) is 0.177. The Balaban J connectivity index is 1.70. The Labute approximate surface area is 195 Å². The summed E-state index contributed by atoms with van der Waals surface area (Å²) in [5, 5.41) is 8.43. The van der Waals surface area contributed by atoms with E-state index in [1.54, 1.807) is 0 Å². The van der Waals surface area contributed by atoms with Gasteiger partial charge in [-0.2, -0.15) is 4.40 Å². The summed E-state index contributed by atoms with van der Waals surface area (Å²) < 4.78 is 11.3. The first-order chi connectivity index (χ1) is 16.7. The van der Waals surface area contributed by atoms with Gasteiger partial charge in [-0.1, -0.05) is 60.7 Å². The van der Waals surface area contributed by atoms with Crippen LogP contribution in [0.4, 0.5) is 0 Å². The van der Waals surface area contributed by atoms with Crippen LogP contribution in [0.5, 0.6) is 0 Å². The molecule has 0 bridgehead atoms. The van der Waals surface area contributed by atoms with E-state index in [1.165, 1.54) is 49.3 Å². The molecule has 0 atom stereocenters. The Morgan fingerprint density at radius 2 is 1.50 bits per heavy atom. The van der Waals surface area contributed by atoms with Crippen molar-refractivity contribution in [3.05, 3.63) is 96.6 Å². The molecule has 3 nitrogen and oxygen atoms in total. The summed E-state index contributed by atoms with van der Waals surface area (Å²) in [5.41, 5.74) is 8.03. The topological polar surface area (TPSA) is 21.4 Å². The lowest BCUT2D eigenvalue weighted by atomic mass is 10.00. The highest BCUT2D eigenvalue weighted by Crippen LogP contribution is 2.39. The van der Waals surface area contributed by atoms with Crippen molar-refractivity contribution in [2.75, 3.05) is 0 Å². The maximum Gasteiger partial charge on any atom is 0.295 e. The summed E-state index contributed by atoms with van der Waals surface area (Å²) in [6, 6.07) is 32.7. The summed E-state index contributed by atoms with van der Waals surface area (Å²) in [5.74, 6) is 0. The molecule has 0 radical (unpaired) electrons. The summed E-state index contributed by atoms with van der Waals surface area (Å²) in [4.78, 5) is 0. The lowest BCUT2D eigenvalue weighted by Gasteiger charge is -2.07. The number of aryl methyl sites for hydroxylation is 2. The Kier molecular flexibility index (Phi) is 3.27. The number of fused-ring (bicyclic) bond motifs is 13. The fourth-order valence-corrected chi connectivity index (χ4v) is 5.97. The van der Waals surface area contributed by atoms with Crippen LogP contribution in [0.1, 0.15) is 5.56 Å². The molecule has 8 rings (SSSR count). The van der Waals surface area contributed by atoms with Crippen molar-refractivity contribution in [3.8, 4) is 0 Å². The predicted molar refractivity (Wildman–Crippen MR) is 141 cm³/mol. The highest BCUT2D eigenvalue weighted by atomic mass is 16.3. The smallest absolute Gasteiger partial charge is 0.295 e. The molecule has 0 amide bonds. The molecule has 0 aliphatic heterocycles. The first-order valence-corrected chi connectivity index (χ1v) is 11.7. The van der Waals surface area contributed by atoms with Crippen LogP contribution in [0, 0.1) is 6.92 Å². The maximum absolute atomic E-state index is 6.54. The highest BCUT2D eigenvalue weighted by Gasteiger charge is 2.25. The van der Waals surface area contributed by atoms with Crippen LogP contribution in [0.15, 0.2) is 95.4 Å². The van der Waals surface area contributed by atoms with Gasteiger partial charge >= 0.3 is 0 Å². The molecule has 160 valence electrons. The van der Waals surface area contributed by atoms with Gasteiger partial charge in [-0.15, -0.1) is 0 Å². The molecule has 0 saturated carbocycles. The Morgan fingerprint density at radius 3 is 2.44 bits per heavy atom. The minimum Gasteiger partial charge on any atom is -0.455 e. The number of benzene rings is 5. The molecule has 8 aromatic rings. The molecule has 0 fully saturated rings. The Hall–Kier alpha value is -4.37. The van der Waals surface area contributed by atoms with Crippen molar-refractivity contribution in [1.29, 1.82) is 0 Å². The molecule has 0 saturated heterocycles. The zero-order valence-electron chi connectivity index (χ0n) is 19.0. The monoisotopic (exact) mass is 437 g/mol. The van der Waals surface area contributed by atoms with E-state index < -0.39 is 0 Å². The van der Waals surface area contributed by atoms with Gasteiger partial charge in [-0.25, -0.2) is 4.57 Å². The molecule has 0 unspecified atom stereocenters. The third-order valence-electron chi connectivity index (χ3n) is 7.52. The third kappa shape index (κ3) is 2.10. The van der Waals surface area contributed by atoms with Crippen LogP contribution in [0.2, 0.25) is 0 Å². The van der Waals surface area contributed by atoms with E-state index in [9.17, 15) is 0 Å². The summed E-state index contributed by atoms with van der Waals surface area (Å²) >= 11 is 0. The molecular weight excluding hydrogens is 416 g/mol. The molecule has 34 heavy (non-hydrogen) atoms. The van der Waals surface area contributed by atoms with Crippen molar-refractivity contribution in [2.24, 2.45) is 7.05 Å². The average molecular weight is 438 g/mol. The van der Waals surface area contributed by atoms with Gasteiger partial charge in [0.15, 0.2) is 11.0 Å². The van der Waals surface area contributed by atoms with Gasteiger partial charge in [-0.05, 0) is 48.2 Å². The highest BCUT2D eigenvalue weighted by molar-refractivity contribution is 6.21. The molecule has 0 aliphatic carbocycles. The standard InChI is InChI=1S/C31H21N2O/c1-18-8-7-11-21-23-17-28-24(22-15-14-19-9-3-4-10-20(19)30(22)34-28)16-27(23)33-26-13-6-5-12-25(26)32(2)31(33)29(18)21/h3-17H,1-2H3/q+1. The number of hydrogen-bond donors (Lipinski definition) is 0. The van der Waals surface area contributed by atoms with E-state index in [-0.39, 0.29) is 0 Å². The largest absolute Gasteiger partial charge is 0.455 e. The molecule has 0 spiro atoms. The second-order valence-electron chi connectivity index (χ2n) is 9.34. The average Bonchev–Trinajstić information content (AvgIpc) is 3.38. The van der Waals surface area contributed by atoms with E-state index in [0.717, 1.165) is 27.3 Å². The zero-order chi connectivity index (χ0) is 22.6. The number of para-hydroxylation sites is 2. The first-order valence-electron chi connectivity index (χ1n) is 11.7. The normalized spacial score (nSPS) is 12.4. The van der Waals surface area contributed by atoms with Crippen molar-refractivity contribution in [3.63, 3.8) is 0 Å². The van der Waals surface area contributed by atoms with Gasteiger partial charge in [0.1, 0.15) is 16.7 Å². The summed E-state index contributed by atoms with van der Waals surface area (Å²) in [6.07, 6.45) is 0. The number of rotatable bonds is 0. The third-order valence-corrected chi connectivity index (χ3v) is 7.52. The number of furan rings is 1. The van der Waals surface area contributed by atoms with Crippen LogP contribution < -0.4 is 4.57 Å². The van der Waals surface area contributed by atoms with E-state index in [1.807, 2.05) is 0 Å². The molecule has 0 aliphatic rings. The first kappa shape index (κ1) is 18.1. The molecule has 3 aromatic heterocycles. The summed E-state index contributed by atoms with van der Waals surface area (Å²) in [6.45, 7) is 2.21. The number of pyridine rings is 1. The zero-order valence-corrected chi connectivity index (χ0v) is 19.0. The van der Waals surface area contributed by atoms with Crippen molar-refractivity contribution in [1.82, 2.24) is 4.40 Å². The fourth-order valence-electron chi connectivity index (χ4n) is 5.97. The van der Waals surface area contributed by atoms with Crippen LogP contribution in [-0.2, 0) is 7.05 Å². The van der Waals surface area contributed by atoms with Crippen molar-refractivity contribution < 1.29 is 8.98 Å². The van der Waals surface area contributed by atoms with Crippen LogP contribution in [-0.4, -0.2) is 4.40 Å². The lowest BCUT2D eigenvalue weighted by molar-refractivity contribution is -0.617. The SMILES string of the molecule is Cc1cccc2c3cc4oc5c6ccccc6ccc5c4cc3n3c4ccccc4[n+](C)c3c12. The van der Waals surface area contributed by atoms with Gasteiger partial charge in [-0.3, -0.25) is 0 Å². The number of hydrogen-bond acceptors (Lipinski definition) is 1. The van der Waals surface area contributed by atoms with Crippen LogP contribution in [0.3, 0.4) is 0 Å². The van der Waals surface area contributed by atoms with Gasteiger partial charge in [0.25, 0.3) is 5.65 Å². The van der Waals surface area contributed by atoms with Crippen molar-refractivity contribution >= 4 is 71.1 Å². The number of aromatic nitrogens is 2. The predicted octanol–water partition coefficient (Wildman–Crippen LogP) is 7.58. The van der Waals surface area contributed by atoms with Crippen molar-refractivity contribution in [2.45, 2.75) is 6.92 Å². The molecule has 5 aromatic carbocycles. The minimum absolute atomic E-state index is 0.932. The van der Waals surface area contributed by atoms with Crippen LogP contribution >= 0.6 is 0 Å². The van der Waals surface area contributed by atoms with E-state index in [0.29, 0.717) is 0 Å². The summed E-state index contributed by atoms with van der Waals surface area (Å²) in [7, 11) is 2.17. The lowest BCUT2D eigenvalue weighted by Crippen LogP contribution is -2.27. The Bertz CT molecular complexity index is 2140. The van der Waals surface area contributed by atoms with Gasteiger partial charge in [0.2, 0.25) is 0 Å². The minimum atomic E-state index is 0.932. The van der Waals surface area contributed by atoms with Gasteiger partial charge < -0.3 is 4.42 Å². The van der Waals surface area contributed by atoms with Gasteiger partial charge in [0, 0.05) is 26.9 Å². The van der Waals surface area contributed by atoms with E-state index >= 15 is 0 Å². The van der Waals surface area contributed by atoms with Crippen LogP contribution in [0.25, 0.3) is 71.1 Å². The fraction of sp³-hybridized carbons (Fsp3) is 0.0645. The number of nitrogens with zero attached hydrogens (tertiary/aromatic N) is 2. The van der Waals surface area contributed by atoms with E-state index in [4.69, 9.17) is 4.42 Å².